The zero-order valence-electron chi connectivity index (χ0n) is 8.70. The number of aromatic amines is 1. The summed E-state index contributed by atoms with van der Waals surface area (Å²) in [6.45, 7) is 0. The molecule has 3 rings (SSSR count). The van der Waals surface area contributed by atoms with Gasteiger partial charge in [-0.05, 0) is 23.6 Å². The summed E-state index contributed by atoms with van der Waals surface area (Å²) in [5.74, 6) is -0.307. The van der Waals surface area contributed by atoms with Crippen LogP contribution in [0.4, 0.5) is 10.3 Å². The second-order valence-electron chi connectivity index (χ2n) is 3.75. The maximum Gasteiger partial charge on any atom is 0.260 e. The largest absolute Gasteiger partial charge is 0.369 e. The van der Waals surface area contributed by atoms with Gasteiger partial charge in [0.05, 0.1) is 10.9 Å². The minimum absolute atomic E-state index is 0.0539. The third-order valence-electron chi connectivity index (χ3n) is 2.70. The van der Waals surface area contributed by atoms with Gasteiger partial charge < -0.3 is 5.73 Å². The fraction of sp³-hybridized carbons (Fsp3) is 0. The van der Waals surface area contributed by atoms with Crippen molar-refractivity contribution in [3.05, 3.63) is 46.5 Å². The molecule has 17 heavy (non-hydrogen) atoms. The van der Waals surface area contributed by atoms with E-state index >= 15 is 0 Å². The number of rotatable bonds is 0. The highest BCUT2D eigenvalue weighted by atomic mass is 19.1. The Labute approximate surface area is 94.9 Å². The summed E-state index contributed by atoms with van der Waals surface area (Å²) in [4.78, 5) is 18.3. The van der Waals surface area contributed by atoms with Crippen LogP contribution in [0.1, 0.15) is 0 Å². The first-order valence-electron chi connectivity index (χ1n) is 5.03. The van der Waals surface area contributed by atoms with Crippen molar-refractivity contribution in [2.75, 3.05) is 5.73 Å². The molecular weight excluding hydrogens is 221 g/mol. The number of benzene rings is 2. The fourth-order valence-corrected chi connectivity index (χ4v) is 1.98. The van der Waals surface area contributed by atoms with E-state index in [-0.39, 0.29) is 17.3 Å². The molecule has 0 spiro atoms. The second kappa shape index (κ2) is 3.28. The van der Waals surface area contributed by atoms with Crippen molar-refractivity contribution in [2.45, 2.75) is 0 Å². The van der Waals surface area contributed by atoms with Gasteiger partial charge in [-0.2, -0.15) is 0 Å². The Hall–Kier alpha value is -2.43. The summed E-state index contributed by atoms with van der Waals surface area (Å²) in [5, 5.41) is 1.30. The van der Waals surface area contributed by atoms with Crippen LogP contribution >= 0.6 is 0 Å². The van der Waals surface area contributed by atoms with Gasteiger partial charge in [0.2, 0.25) is 5.95 Å². The van der Waals surface area contributed by atoms with Gasteiger partial charge in [0.1, 0.15) is 5.82 Å². The number of anilines is 1. The highest BCUT2D eigenvalue weighted by Crippen LogP contribution is 2.23. The SMILES string of the molecule is Nc1nc2ccc3c(F)cccc3c2c(=O)[nH]1. The predicted octanol–water partition coefficient (Wildman–Crippen LogP) is 1.80. The molecule has 3 N–H and O–H groups in total. The van der Waals surface area contributed by atoms with E-state index in [1.807, 2.05) is 0 Å². The molecule has 2 aromatic carbocycles. The number of halogens is 1. The van der Waals surface area contributed by atoms with Gasteiger partial charge in [0.25, 0.3) is 5.56 Å². The van der Waals surface area contributed by atoms with Crippen LogP contribution in [0.2, 0.25) is 0 Å². The molecule has 0 saturated heterocycles. The molecule has 0 aliphatic carbocycles. The molecule has 0 saturated carbocycles. The van der Waals surface area contributed by atoms with Crippen LogP contribution in [0, 0.1) is 5.82 Å². The quantitative estimate of drug-likeness (QED) is 0.577. The third-order valence-corrected chi connectivity index (χ3v) is 2.70. The first kappa shape index (κ1) is 9.77. The monoisotopic (exact) mass is 229 g/mol. The number of nitrogens with two attached hydrogens (primary N) is 1. The molecule has 3 aromatic rings. The minimum Gasteiger partial charge on any atom is -0.369 e. The number of nitrogens with zero attached hydrogens (tertiary/aromatic N) is 1. The molecule has 84 valence electrons. The first-order chi connectivity index (χ1) is 8.16. The van der Waals surface area contributed by atoms with Gasteiger partial charge in [0.15, 0.2) is 0 Å². The number of H-pyrrole nitrogens is 1. The molecule has 1 aromatic heterocycles. The number of nitrogens with one attached hydrogen (secondary N) is 1. The van der Waals surface area contributed by atoms with Gasteiger partial charge in [-0.1, -0.05) is 12.1 Å². The summed E-state index contributed by atoms with van der Waals surface area (Å²) >= 11 is 0. The Bertz CT molecular complexity index is 795. The van der Waals surface area contributed by atoms with Gasteiger partial charge in [0, 0.05) is 5.39 Å². The number of hydrogen-bond donors (Lipinski definition) is 2. The van der Waals surface area contributed by atoms with E-state index in [9.17, 15) is 9.18 Å². The molecule has 5 heteroatoms. The molecule has 1 heterocycles. The average molecular weight is 229 g/mol. The molecule has 0 aliphatic heterocycles. The molecule has 4 nitrogen and oxygen atoms in total. The van der Waals surface area contributed by atoms with Crippen molar-refractivity contribution in [1.82, 2.24) is 9.97 Å². The third kappa shape index (κ3) is 1.36. The van der Waals surface area contributed by atoms with Crippen LogP contribution in [0.25, 0.3) is 21.7 Å². The Morgan fingerprint density at radius 2 is 2.00 bits per heavy atom. The van der Waals surface area contributed by atoms with Gasteiger partial charge in [-0.3, -0.25) is 9.78 Å². The molecule has 0 unspecified atom stereocenters. The van der Waals surface area contributed by atoms with Crippen LogP contribution in [0.15, 0.2) is 35.1 Å². The van der Waals surface area contributed by atoms with Gasteiger partial charge in [-0.25, -0.2) is 9.37 Å². The number of aromatic nitrogens is 2. The van der Waals surface area contributed by atoms with Crippen LogP contribution < -0.4 is 11.3 Å². The van der Waals surface area contributed by atoms with Crippen LogP contribution in [0.5, 0.6) is 0 Å². The molecule has 0 aliphatic rings. The summed E-state index contributed by atoms with van der Waals surface area (Å²) in [6, 6.07) is 7.79. The average Bonchev–Trinajstić information content (AvgIpc) is 2.28. The molecular formula is C12H8FN3O. The number of fused-ring (bicyclic) bond motifs is 3. The highest BCUT2D eigenvalue weighted by Gasteiger charge is 2.08. The van der Waals surface area contributed by atoms with Crippen molar-refractivity contribution >= 4 is 27.6 Å². The van der Waals surface area contributed by atoms with E-state index in [0.29, 0.717) is 21.7 Å². The highest BCUT2D eigenvalue weighted by molar-refractivity contribution is 6.05. The van der Waals surface area contributed by atoms with Crippen LogP contribution in [-0.2, 0) is 0 Å². The number of nitrogen functional groups attached to an aromatic ring is 1. The van der Waals surface area contributed by atoms with E-state index in [4.69, 9.17) is 5.73 Å². The second-order valence-corrected chi connectivity index (χ2v) is 3.75. The summed E-state index contributed by atoms with van der Waals surface area (Å²) in [7, 11) is 0. The van der Waals surface area contributed by atoms with E-state index in [2.05, 4.69) is 9.97 Å². The summed E-state index contributed by atoms with van der Waals surface area (Å²) < 4.78 is 13.6. The Morgan fingerprint density at radius 1 is 1.18 bits per heavy atom. The fourth-order valence-electron chi connectivity index (χ4n) is 1.98. The summed E-state index contributed by atoms with van der Waals surface area (Å²) in [6.07, 6.45) is 0. The Balaban J connectivity index is 2.65. The minimum atomic E-state index is -0.361. The normalized spacial score (nSPS) is 11.1. The predicted molar refractivity (Wildman–Crippen MR) is 64.2 cm³/mol. The molecule has 0 bridgehead atoms. The van der Waals surface area contributed by atoms with Crippen molar-refractivity contribution in [2.24, 2.45) is 0 Å². The topological polar surface area (TPSA) is 71.8 Å². The lowest BCUT2D eigenvalue weighted by atomic mass is 10.1. The summed E-state index contributed by atoms with van der Waals surface area (Å²) in [5.41, 5.74) is 5.56. The Morgan fingerprint density at radius 3 is 2.82 bits per heavy atom. The maximum atomic E-state index is 13.6. The van der Waals surface area contributed by atoms with Crippen molar-refractivity contribution < 1.29 is 4.39 Å². The standard InChI is InChI=1S/C12H8FN3O/c13-8-3-1-2-7-6(8)4-5-9-10(7)11(17)16-12(14)15-9/h1-5H,(H3,14,15,16,17). The molecule has 0 atom stereocenters. The smallest absolute Gasteiger partial charge is 0.260 e. The maximum absolute atomic E-state index is 13.6. The van der Waals surface area contributed by atoms with E-state index in [0.717, 1.165) is 0 Å². The van der Waals surface area contributed by atoms with Gasteiger partial charge >= 0.3 is 0 Å². The molecule has 0 amide bonds. The van der Waals surface area contributed by atoms with Gasteiger partial charge in [-0.15, -0.1) is 0 Å². The first-order valence-corrected chi connectivity index (χ1v) is 5.03. The van der Waals surface area contributed by atoms with E-state index < -0.39 is 0 Å². The van der Waals surface area contributed by atoms with Crippen molar-refractivity contribution in [1.29, 1.82) is 0 Å². The van der Waals surface area contributed by atoms with Crippen LogP contribution in [0.3, 0.4) is 0 Å². The lowest BCUT2D eigenvalue weighted by Crippen LogP contribution is -2.11. The number of hydrogen-bond acceptors (Lipinski definition) is 3. The lowest BCUT2D eigenvalue weighted by molar-refractivity contribution is 0.640. The van der Waals surface area contributed by atoms with Crippen LogP contribution in [-0.4, -0.2) is 9.97 Å². The molecule has 0 fully saturated rings. The van der Waals surface area contributed by atoms with E-state index in [1.165, 1.54) is 6.07 Å². The zero-order valence-corrected chi connectivity index (χ0v) is 8.70. The lowest BCUT2D eigenvalue weighted by Gasteiger charge is -2.03. The zero-order chi connectivity index (χ0) is 12.0. The van der Waals surface area contributed by atoms with Crippen molar-refractivity contribution in [3.8, 4) is 0 Å². The molecule has 0 radical (unpaired) electrons. The Kier molecular flexibility index (Phi) is 1.89. The van der Waals surface area contributed by atoms with Crippen molar-refractivity contribution in [3.63, 3.8) is 0 Å². The van der Waals surface area contributed by atoms with E-state index in [1.54, 1.807) is 24.3 Å².